The minimum absolute atomic E-state index is 0.167. The molecule has 1 atom stereocenters. The molecule has 3 aromatic carbocycles. The molecule has 208 valence electrons. The highest BCUT2D eigenvalue weighted by molar-refractivity contribution is 7.92. The van der Waals surface area contributed by atoms with Crippen LogP contribution < -0.4 is 9.62 Å². The highest BCUT2D eigenvalue weighted by atomic mass is 32.2. The molecule has 0 aliphatic heterocycles. The van der Waals surface area contributed by atoms with Crippen LogP contribution in [-0.4, -0.2) is 50.5 Å². The molecule has 0 unspecified atom stereocenters. The molecule has 0 fully saturated rings. The minimum Gasteiger partial charge on any atom is -0.354 e. The van der Waals surface area contributed by atoms with E-state index in [-0.39, 0.29) is 12.5 Å². The van der Waals surface area contributed by atoms with Gasteiger partial charge in [0.15, 0.2) is 0 Å². The Morgan fingerprint density at radius 1 is 0.872 bits per heavy atom. The molecule has 3 aromatic rings. The summed E-state index contributed by atoms with van der Waals surface area (Å²) in [7, 11) is -3.79. The van der Waals surface area contributed by atoms with E-state index in [0.29, 0.717) is 18.7 Å². The molecule has 3 rings (SSSR count). The first-order chi connectivity index (χ1) is 18.5. The second-order valence-corrected chi connectivity index (χ2v) is 11.9. The summed E-state index contributed by atoms with van der Waals surface area (Å²) in [6.45, 7) is 8.03. The smallest absolute Gasteiger partial charge is 0.244 e. The third kappa shape index (κ3) is 8.42. The summed E-state index contributed by atoms with van der Waals surface area (Å²) in [6.07, 6.45) is 2.15. The molecule has 0 radical (unpaired) electrons. The van der Waals surface area contributed by atoms with Gasteiger partial charge >= 0.3 is 0 Å². The highest BCUT2D eigenvalue weighted by Crippen LogP contribution is 2.23. The molecule has 0 aliphatic rings. The number of nitrogens with zero attached hydrogens (tertiary/aromatic N) is 2. The molecule has 1 N–H and O–H groups in total. The maximum atomic E-state index is 14.0. The van der Waals surface area contributed by atoms with Crippen molar-refractivity contribution >= 4 is 27.5 Å². The first-order valence-corrected chi connectivity index (χ1v) is 15.1. The summed E-state index contributed by atoms with van der Waals surface area (Å²) in [5.74, 6) is -0.718. The van der Waals surface area contributed by atoms with E-state index in [1.165, 1.54) is 4.90 Å². The maximum absolute atomic E-state index is 14.0. The fourth-order valence-corrected chi connectivity index (χ4v) is 5.15. The average Bonchev–Trinajstić information content (AvgIpc) is 2.90. The summed E-state index contributed by atoms with van der Waals surface area (Å²) >= 11 is 0. The van der Waals surface area contributed by atoms with Crippen molar-refractivity contribution in [2.45, 2.75) is 53.1 Å². The quantitative estimate of drug-likeness (QED) is 0.359. The van der Waals surface area contributed by atoms with E-state index in [1.54, 1.807) is 12.1 Å². The molecule has 0 saturated carbocycles. The monoisotopic (exact) mass is 549 g/mol. The molecule has 2 amide bonds. The highest BCUT2D eigenvalue weighted by Gasteiger charge is 2.33. The fraction of sp³-hybridized carbons (Fsp3) is 0.355. The van der Waals surface area contributed by atoms with Gasteiger partial charge in [-0.15, -0.1) is 0 Å². The van der Waals surface area contributed by atoms with Gasteiger partial charge in [-0.2, -0.15) is 0 Å². The maximum Gasteiger partial charge on any atom is 0.244 e. The van der Waals surface area contributed by atoms with E-state index in [4.69, 9.17) is 0 Å². The van der Waals surface area contributed by atoms with E-state index >= 15 is 0 Å². The Balaban J connectivity index is 2.04. The number of anilines is 1. The molecule has 0 aromatic heterocycles. The number of rotatable bonds is 12. The van der Waals surface area contributed by atoms with Crippen LogP contribution in [0.4, 0.5) is 5.69 Å². The van der Waals surface area contributed by atoms with Crippen molar-refractivity contribution in [2.24, 2.45) is 0 Å². The van der Waals surface area contributed by atoms with Crippen LogP contribution in [0.15, 0.2) is 72.8 Å². The molecule has 0 heterocycles. The van der Waals surface area contributed by atoms with Crippen LogP contribution >= 0.6 is 0 Å². The van der Waals surface area contributed by atoms with Crippen LogP contribution in [0.25, 0.3) is 0 Å². The van der Waals surface area contributed by atoms with Crippen molar-refractivity contribution in [1.29, 1.82) is 0 Å². The van der Waals surface area contributed by atoms with E-state index in [2.05, 4.69) is 5.32 Å². The van der Waals surface area contributed by atoms with E-state index in [1.807, 2.05) is 88.4 Å². The van der Waals surface area contributed by atoms with Crippen LogP contribution in [0.5, 0.6) is 0 Å². The Morgan fingerprint density at radius 3 is 2.13 bits per heavy atom. The van der Waals surface area contributed by atoms with Crippen molar-refractivity contribution < 1.29 is 18.0 Å². The lowest BCUT2D eigenvalue weighted by Gasteiger charge is -2.33. The van der Waals surface area contributed by atoms with Gasteiger partial charge < -0.3 is 10.2 Å². The van der Waals surface area contributed by atoms with Crippen LogP contribution in [0.3, 0.4) is 0 Å². The van der Waals surface area contributed by atoms with Gasteiger partial charge in [0.25, 0.3) is 0 Å². The van der Waals surface area contributed by atoms with Gasteiger partial charge in [-0.3, -0.25) is 13.9 Å². The van der Waals surface area contributed by atoms with Crippen molar-refractivity contribution in [3.63, 3.8) is 0 Å². The van der Waals surface area contributed by atoms with E-state index in [9.17, 15) is 18.0 Å². The topological polar surface area (TPSA) is 86.8 Å². The number of carbonyl (C=O) groups excluding carboxylic acids is 2. The number of amides is 2. The lowest BCUT2D eigenvalue weighted by atomic mass is 10.0. The normalized spacial score (nSPS) is 12.0. The Labute approximate surface area is 232 Å². The van der Waals surface area contributed by atoms with Gasteiger partial charge in [-0.25, -0.2) is 8.42 Å². The second-order valence-electron chi connectivity index (χ2n) is 10.0. The lowest BCUT2D eigenvalue weighted by molar-refractivity contribution is -0.140. The minimum atomic E-state index is -3.79. The molecule has 0 aliphatic carbocycles. The summed E-state index contributed by atoms with van der Waals surface area (Å²) in [5.41, 5.74) is 5.20. The van der Waals surface area contributed by atoms with Crippen molar-refractivity contribution in [1.82, 2.24) is 10.2 Å². The third-order valence-electron chi connectivity index (χ3n) is 6.75. The number of nitrogens with one attached hydrogen (secondary N) is 1. The predicted octanol–water partition coefficient (Wildman–Crippen LogP) is 4.54. The molecular formula is C31H39N3O4S. The summed E-state index contributed by atoms with van der Waals surface area (Å²) < 4.78 is 26.9. The largest absolute Gasteiger partial charge is 0.354 e. The zero-order valence-corrected chi connectivity index (χ0v) is 24.3. The summed E-state index contributed by atoms with van der Waals surface area (Å²) in [6, 6.07) is 21.8. The SMILES string of the molecule is CCCNC(=O)[C@H](Cc1ccccc1)N(Cc1ccc(C)cc1)C(=O)CN(c1ccc(C)c(C)c1)S(C)(=O)=O. The number of sulfonamides is 1. The van der Waals surface area contributed by atoms with Crippen LogP contribution in [-0.2, 0) is 32.6 Å². The lowest BCUT2D eigenvalue weighted by Crippen LogP contribution is -2.53. The molecule has 39 heavy (non-hydrogen) atoms. The van der Waals surface area contributed by atoms with E-state index in [0.717, 1.165) is 44.8 Å². The van der Waals surface area contributed by atoms with Crippen LogP contribution in [0, 0.1) is 20.8 Å². The average molecular weight is 550 g/mol. The Morgan fingerprint density at radius 2 is 1.54 bits per heavy atom. The standard InChI is InChI=1S/C31H39N3O4S/c1-6-18-32-31(36)29(20-26-10-8-7-9-11-26)33(21-27-15-12-23(2)13-16-27)30(35)22-34(39(5,37)38)28-17-14-24(3)25(4)19-28/h7-17,19,29H,6,18,20-22H2,1-5H3,(H,32,36)/t29-/m0/s1. The number of carbonyl (C=O) groups is 2. The van der Waals surface area contributed by atoms with Gasteiger partial charge in [0.05, 0.1) is 11.9 Å². The Hall–Kier alpha value is -3.65. The van der Waals surface area contributed by atoms with Gasteiger partial charge in [0, 0.05) is 19.5 Å². The zero-order valence-electron chi connectivity index (χ0n) is 23.5. The second kappa shape index (κ2) is 13.4. The first-order valence-electron chi connectivity index (χ1n) is 13.2. The molecule has 0 bridgehead atoms. The van der Waals surface area contributed by atoms with E-state index < -0.39 is 28.5 Å². The number of aryl methyl sites for hydroxylation is 3. The number of hydrogen-bond donors (Lipinski definition) is 1. The number of hydrogen-bond acceptors (Lipinski definition) is 4. The van der Waals surface area contributed by atoms with Gasteiger partial charge in [0.1, 0.15) is 12.6 Å². The Kier molecular flexibility index (Phi) is 10.3. The van der Waals surface area contributed by atoms with Crippen molar-refractivity contribution in [3.8, 4) is 0 Å². The summed E-state index contributed by atoms with van der Waals surface area (Å²) in [4.78, 5) is 29.1. The molecule has 8 heteroatoms. The Bertz CT molecular complexity index is 1370. The molecule has 7 nitrogen and oxygen atoms in total. The third-order valence-corrected chi connectivity index (χ3v) is 7.89. The number of benzene rings is 3. The molecular weight excluding hydrogens is 510 g/mol. The zero-order chi connectivity index (χ0) is 28.6. The van der Waals surface area contributed by atoms with Crippen LogP contribution in [0.1, 0.15) is 41.2 Å². The summed E-state index contributed by atoms with van der Waals surface area (Å²) in [5, 5.41) is 2.95. The van der Waals surface area contributed by atoms with Gasteiger partial charge in [-0.05, 0) is 61.6 Å². The predicted molar refractivity (Wildman–Crippen MR) is 157 cm³/mol. The van der Waals surface area contributed by atoms with Gasteiger partial charge in [0.2, 0.25) is 21.8 Å². The van der Waals surface area contributed by atoms with Crippen molar-refractivity contribution in [3.05, 3.63) is 101 Å². The van der Waals surface area contributed by atoms with Crippen molar-refractivity contribution in [2.75, 3.05) is 23.7 Å². The van der Waals surface area contributed by atoms with Gasteiger partial charge in [-0.1, -0.05) is 73.2 Å². The first kappa shape index (κ1) is 29.9. The molecule has 0 saturated heterocycles. The fourth-order valence-electron chi connectivity index (χ4n) is 4.30. The molecule has 0 spiro atoms. The van der Waals surface area contributed by atoms with Crippen LogP contribution in [0.2, 0.25) is 0 Å².